The maximum Gasteiger partial charge on any atom is 0.333 e. The van der Waals surface area contributed by atoms with E-state index < -0.39 is 0 Å². The minimum atomic E-state index is -0.302. The summed E-state index contributed by atoms with van der Waals surface area (Å²) in [6.07, 6.45) is 11.8. The summed E-state index contributed by atoms with van der Waals surface area (Å²) < 4.78 is 21.8. The van der Waals surface area contributed by atoms with E-state index in [0.717, 1.165) is 43.2 Å². The molecule has 0 saturated carbocycles. The van der Waals surface area contributed by atoms with Crippen LogP contribution in [0.4, 0.5) is 0 Å². The summed E-state index contributed by atoms with van der Waals surface area (Å²) in [4.78, 5) is 11.3. The SMILES string of the molecule is C=C(C)C(=O)OCCCCCCCCCCCOc1ccc(C=C(C#N)c2ccc3c(c2)OCO3)cc1CO. The normalized spacial score (nSPS) is 12.2. The third-order valence-corrected chi connectivity index (χ3v) is 6.50. The fourth-order valence-electron chi connectivity index (χ4n) is 4.28. The van der Waals surface area contributed by atoms with Gasteiger partial charge in [-0.25, -0.2) is 4.79 Å². The average Bonchev–Trinajstić information content (AvgIpc) is 3.42. The van der Waals surface area contributed by atoms with Crippen LogP contribution in [0.1, 0.15) is 81.4 Å². The Labute approximate surface area is 231 Å². The van der Waals surface area contributed by atoms with Crippen molar-refractivity contribution in [1.82, 2.24) is 0 Å². The van der Waals surface area contributed by atoms with Crippen molar-refractivity contribution in [3.05, 3.63) is 65.2 Å². The second-order valence-electron chi connectivity index (χ2n) is 9.71. The number of fused-ring (bicyclic) bond motifs is 1. The van der Waals surface area contributed by atoms with Crippen LogP contribution in [0.3, 0.4) is 0 Å². The Hall–Kier alpha value is -3.76. The molecule has 0 saturated heterocycles. The zero-order valence-corrected chi connectivity index (χ0v) is 22.9. The van der Waals surface area contributed by atoms with Gasteiger partial charge in [0.2, 0.25) is 6.79 Å². The van der Waals surface area contributed by atoms with Crippen LogP contribution < -0.4 is 14.2 Å². The van der Waals surface area contributed by atoms with Gasteiger partial charge < -0.3 is 24.1 Å². The van der Waals surface area contributed by atoms with Gasteiger partial charge in [-0.2, -0.15) is 5.26 Å². The highest BCUT2D eigenvalue weighted by Crippen LogP contribution is 2.35. The summed E-state index contributed by atoms with van der Waals surface area (Å²) in [5.41, 5.74) is 3.20. The second kappa shape index (κ2) is 16.3. The van der Waals surface area contributed by atoms with Gasteiger partial charge in [-0.1, -0.05) is 57.6 Å². The van der Waals surface area contributed by atoms with E-state index in [9.17, 15) is 15.2 Å². The highest BCUT2D eigenvalue weighted by Gasteiger charge is 2.15. The number of nitriles is 1. The zero-order valence-electron chi connectivity index (χ0n) is 22.9. The molecule has 0 atom stereocenters. The molecule has 0 radical (unpaired) electrons. The van der Waals surface area contributed by atoms with Gasteiger partial charge in [0.15, 0.2) is 11.5 Å². The summed E-state index contributed by atoms with van der Waals surface area (Å²) in [5.74, 6) is 1.67. The topological polar surface area (TPSA) is 98.0 Å². The van der Waals surface area contributed by atoms with Crippen molar-refractivity contribution in [2.75, 3.05) is 20.0 Å². The molecule has 2 aromatic carbocycles. The molecule has 39 heavy (non-hydrogen) atoms. The Bertz CT molecular complexity index is 1180. The number of nitrogens with zero attached hydrogens (tertiary/aromatic N) is 1. The van der Waals surface area contributed by atoms with E-state index in [-0.39, 0.29) is 19.4 Å². The largest absolute Gasteiger partial charge is 0.493 e. The molecule has 0 amide bonds. The number of carbonyl (C=O) groups excluding carboxylic acids is 1. The molecule has 3 rings (SSSR count). The fourth-order valence-corrected chi connectivity index (χ4v) is 4.28. The number of aliphatic hydroxyl groups excluding tert-OH is 1. The van der Waals surface area contributed by atoms with Crippen molar-refractivity contribution in [3.63, 3.8) is 0 Å². The van der Waals surface area contributed by atoms with Crippen molar-refractivity contribution >= 4 is 17.6 Å². The predicted octanol–water partition coefficient (Wildman–Crippen LogP) is 6.98. The maximum absolute atomic E-state index is 11.3. The third kappa shape index (κ3) is 9.81. The van der Waals surface area contributed by atoms with E-state index in [2.05, 4.69) is 12.6 Å². The lowest BCUT2D eigenvalue weighted by Gasteiger charge is -2.11. The highest BCUT2D eigenvalue weighted by atomic mass is 16.7. The fraction of sp³-hybridized carbons (Fsp3) is 0.438. The number of aliphatic hydroxyl groups is 1. The maximum atomic E-state index is 11.3. The van der Waals surface area contributed by atoms with Crippen molar-refractivity contribution < 1.29 is 28.8 Å². The molecule has 0 fully saturated rings. The molecule has 0 aromatic heterocycles. The van der Waals surface area contributed by atoms with Crippen LogP contribution >= 0.6 is 0 Å². The molecule has 208 valence electrons. The number of hydrogen-bond acceptors (Lipinski definition) is 7. The summed E-state index contributed by atoms with van der Waals surface area (Å²) in [7, 11) is 0. The van der Waals surface area contributed by atoms with Gasteiger partial charge in [0, 0.05) is 11.1 Å². The number of benzene rings is 2. The molecule has 1 aliphatic heterocycles. The first kappa shape index (κ1) is 29.8. The van der Waals surface area contributed by atoms with Gasteiger partial charge >= 0.3 is 5.97 Å². The molecule has 0 bridgehead atoms. The highest BCUT2D eigenvalue weighted by molar-refractivity contribution is 5.90. The minimum absolute atomic E-state index is 0.140. The van der Waals surface area contributed by atoms with E-state index in [1.165, 1.54) is 25.7 Å². The molecule has 1 aliphatic rings. The van der Waals surface area contributed by atoms with Crippen molar-refractivity contribution in [2.45, 2.75) is 71.3 Å². The number of unbranched alkanes of at least 4 members (excludes halogenated alkanes) is 8. The van der Waals surface area contributed by atoms with E-state index in [1.807, 2.05) is 24.3 Å². The van der Waals surface area contributed by atoms with Crippen molar-refractivity contribution in [2.24, 2.45) is 0 Å². The summed E-state index contributed by atoms with van der Waals surface area (Å²) >= 11 is 0. The molecule has 0 unspecified atom stereocenters. The number of carbonyl (C=O) groups is 1. The van der Waals surface area contributed by atoms with E-state index in [0.29, 0.717) is 47.2 Å². The van der Waals surface area contributed by atoms with Gasteiger partial charge in [-0.3, -0.25) is 0 Å². The lowest BCUT2D eigenvalue weighted by molar-refractivity contribution is -0.139. The van der Waals surface area contributed by atoms with Gasteiger partial charge in [0.05, 0.1) is 31.5 Å². The minimum Gasteiger partial charge on any atom is -0.493 e. The average molecular weight is 534 g/mol. The number of ether oxygens (including phenoxy) is 4. The first-order valence-corrected chi connectivity index (χ1v) is 13.7. The number of esters is 1. The molecular formula is C32H39NO6. The van der Waals surface area contributed by atoms with Crippen LogP contribution in [0.5, 0.6) is 17.2 Å². The van der Waals surface area contributed by atoms with E-state index in [1.54, 1.807) is 25.1 Å². The van der Waals surface area contributed by atoms with Crippen LogP contribution in [0.15, 0.2) is 48.6 Å². The standard InChI is InChI=1S/C32H39NO6/c1-24(2)32(35)37-17-11-9-7-5-3-4-6-8-10-16-36-29-14-12-25(19-28(29)22-34)18-27(21-33)26-13-15-30-31(20-26)39-23-38-30/h12-15,18-20,34H,1,3-11,16-17,22-23H2,2H3. The first-order valence-electron chi connectivity index (χ1n) is 13.7. The second-order valence-corrected chi connectivity index (χ2v) is 9.71. The van der Waals surface area contributed by atoms with Crippen molar-refractivity contribution in [3.8, 4) is 23.3 Å². The lowest BCUT2D eigenvalue weighted by atomic mass is 10.0. The van der Waals surface area contributed by atoms with Gasteiger partial charge in [0.1, 0.15) is 5.75 Å². The molecule has 7 nitrogen and oxygen atoms in total. The Morgan fingerprint density at radius 1 is 0.974 bits per heavy atom. The Kier molecular flexibility index (Phi) is 12.4. The zero-order chi connectivity index (χ0) is 27.9. The Morgan fingerprint density at radius 3 is 2.31 bits per heavy atom. The Morgan fingerprint density at radius 2 is 1.64 bits per heavy atom. The lowest BCUT2D eigenvalue weighted by Crippen LogP contribution is -2.05. The van der Waals surface area contributed by atoms with Crippen LogP contribution in [-0.4, -0.2) is 31.1 Å². The van der Waals surface area contributed by atoms with Crippen LogP contribution in [0.25, 0.3) is 11.6 Å². The van der Waals surface area contributed by atoms with Gasteiger partial charge in [-0.05, 0) is 67.3 Å². The molecule has 0 spiro atoms. The number of allylic oxidation sites excluding steroid dienone is 1. The third-order valence-electron chi connectivity index (χ3n) is 6.50. The Balaban J connectivity index is 1.33. The van der Waals surface area contributed by atoms with E-state index >= 15 is 0 Å². The predicted molar refractivity (Wildman–Crippen MR) is 151 cm³/mol. The van der Waals surface area contributed by atoms with Gasteiger partial charge in [0.25, 0.3) is 0 Å². The molecule has 7 heteroatoms. The van der Waals surface area contributed by atoms with Crippen LogP contribution in [0, 0.1) is 11.3 Å². The molecule has 2 aromatic rings. The number of hydrogen-bond donors (Lipinski definition) is 1. The first-order chi connectivity index (χ1) is 19.0. The van der Waals surface area contributed by atoms with Crippen LogP contribution in [0.2, 0.25) is 0 Å². The number of rotatable bonds is 17. The summed E-state index contributed by atoms with van der Waals surface area (Å²) in [6, 6.07) is 13.3. The molecular weight excluding hydrogens is 494 g/mol. The molecule has 1 N–H and O–H groups in total. The van der Waals surface area contributed by atoms with Crippen LogP contribution in [-0.2, 0) is 16.1 Å². The monoisotopic (exact) mass is 533 g/mol. The smallest absolute Gasteiger partial charge is 0.333 e. The van der Waals surface area contributed by atoms with Crippen molar-refractivity contribution in [1.29, 1.82) is 5.26 Å². The molecule has 0 aliphatic carbocycles. The van der Waals surface area contributed by atoms with Gasteiger partial charge in [-0.15, -0.1) is 0 Å². The quantitative estimate of drug-likeness (QED) is 0.0770. The summed E-state index contributed by atoms with van der Waals surface area (Å²) in [6.45, 7) is 6.36. The summed E-state index contributed by atoms with van der Waals surface area (Å²) in [5, 5.41) is 19.6. The van der Waals surface area contributed by atoms with E-state index in [4.69, 9.17) is 18.9 Å². The molecule has 1 heterocycles.